The van der Waals surface area contributed by atoms with Crippen molar-refractivity contribution in [3.8, 4) is 0 Å². The summed E-state index contributed by atoms with van der Waals surface area (Å²) in [6.45, 7) is 2.42. The third-order valence-corrected chi connectivity index (χ3v) is 4.96. The van der Waals surface area contributed by atoms with Crippen LogP contribution in [0.25, 0.3) is 5.65 Å². The second-order valence-electron chi connectivity index (χ2n) is 6.76. The zero-order valence-electron chi connectivity index (χ0n) is 15.9. The van der Waals surface area contributed by atoms with Crippen LogP contribution in [0.5, 0.6) is 0 Å². The molecule has 2 amide bonds. The molecule has 3 aromatic rings. The summed E-state index contributed by atoms with van der Waals surface area (Å²) >= 11 is 0. The molecule has 0 bridgehead atoms. The number of anilines is 1. The summed E-state index contributed by atoms with van der Waals surface area (Å²) in [7, 11) is 1.44. The molecule has 0 saturated carbocycles. The highest BCUT2D eigenvalue weighted by molar-refractivity contribution is 5.94. The Balaban J connectivity index is 1.38. The average Bonchev–Trinajstić information content (AvgIpc) is 3.22. The van der Waals surface area contributed by atoms with E-state index in [1.54, 1.807) is 15.7 Å². The van der Waals surface area contributed by atoms with Gasteiger partial charge in [0.2, 0.25) is 5.91 Å². The number of hydrogen-bond acceptors (Lipinski definition) is 6. The topological polar surface area (TPSA) is 95.7 Å². The highest BCUT2D eigenvalue weighted by Crippen LogP contribution is 2.16. The summed E-state index contributed by atoms with van der Waals surface area (Å²) in [6, 6.07) is 7.93. The van der Waals surface area contributed by atoms with E-state index < -0.39 is 11.7 Å². The van der Waals surface area contributed by atoms with E-state index in [9.17, 15) is 14.0 Å². The van der Waals surface area contributed by atoms with Crippen molar-refractivity contribution in [1.82, 2.24) is 30.0 Å². The average molecular weight is 397 g/mol. The van der Waals surface area contributed by atoms with Crippen LogP contribution in [0.15, 0.2) is 36.7 Å². The molecule has 0 aliphatic carbocycles. The molecule has 4 rings (SSSR count). The van der Waals surface area contributed by atoms with Crippen molar-refractivity contribution in [3.63, 3.8) is 0 Å². The normalized spacial score (nSPS) is 14.3. The Kier molecular flexibility index (Phi) is 5.07. The van der Waals surface area contributed by atoms with Crippen LogP contribution in [0.2, 0.25) is 0 Å². The van der Waals surface area contributed by atoms with Crippen molar-refractivity contribution in [2.24, 2.45) is 0 Å². The number of rotatable bonds is 4. The first kappa shape index (κ1) is 18.8. The van der Waals surface area contributed by atoms with E-state index in [2.05, 4.69) is 25.5 Å². The molecule has 0 spiro atoms. The molecular formula is C19H20FN7O2. The number of hydrogen-bond donors (Lipinski definition) is 1. The van der Waals surface area contributed by atoms with Crippen LogP contribution in [0.3, 0.4) is 0 Å². The van der Waals surface area contributed by atoms with Gasteiger partial charge in [-0.15, -0.1) is 15.3 Å². The molecule has 0 radical (unpaired) electrons. The molecule has 2 aromatic heterocycles. The monoisotopic (exact) mass is 397 g/mol. The molecule has 10 heteroatoms. The maximum absolute atomic E-state index is 13.8. The zero-order chi connectivity index (χ0) is 20.4. The van der Waals surface area contributed by atoms with Crippen LogP contribution in [-0.2, 0) is 11.2 Å². The maximum atomic E-state index is 13.8. The zero-order valence-corrected chi connectivity index (χ0v) is 15.9. The fraction of sp³-hybridized carbons (Fsp3) is 0.316. The maximum Gasteiger partial charge on any atom is 0.254 e. The lowest BCUT2D eigenvalue weighted by Gasteiger charge is -2.35. The van der Waals surface area contributed by atoms with Gasteiger partial charge in [0.05, 0.1) is 12.0 Å². The van der Waals surface area contributed by atoms with E-state index >= 15 is 0 Å². The van der Waals surface area contributed by atoms with Crippen molar-refractivity contribution in [2.75, 3.05) is 38.1 Å². The van der Waals surface area contributed by atoms with Gasteiger partial charge in [0.25, 0.3) is 5.91 Å². The first-order valence-electron chi connectivity index (χ1n) is 9.25. The number of carbonyl (C=O) groups is 2. The molecule has 0 atom stereocenters. The Morgan fingerprint density at radius 2 is 1.93 bits per heavy atom. The Morgan fingerprint density at radius 1 is 1.14 bits per heavy atom. The van der Waals surface area contributed by atoms with Crippen LogP contribution < -0.4 is 10.2 Å². The van der Waals surface area contributed by atoms with Crippen LogP contribution in [-0.4, -0.2) is 69.8 Å². The van der Waals surface area contributed by atoms with Gasteiger partial charge >= 0.3 is 0 Å². The second-order valence-corrected chi connectivity index (χ2v) is 6.76. The molecule has 3 heterocycles. The van der Waals surface area contributed by atoms with Gasteiger partial charge < -0.3 is 15.1 Å². The molecule has 1 aromatic carbocycles. The summed E-state index contributed by atoms with van der Waals surface area (Å²) in [4.78, 5) is 28.3. The largest absolute Gasteiger partial charge is 0.355 e. The third-order valence-electron chi connectivity index (χ3n) is 4.96. The number of fused-ring (bicyclic) bond motifs is 1. The summed E-state index contributed by atoms with van der Waals surface area (Å²) in [5.41, 5.74) is 1.23. The summed E-state index contributed by atoms with van der Waals surface area (Å²) in [6.07, 6.45) is 1.67. The number of aromatic nitrogens is 4. The molecule has 1 saturated heterocycles. The molecule has 1 aliphatic rings. The first-order valence-corrected chi connectivity index (χ1v) is 9.25. The minimum atomic E-state index is -0.605. The molecule has 1 aliphatic heterocycles. The molecule has 1 fully saturated rings. The smallest absolute Gasteiger partial charge is 0.254 e. The SMILES string of the molecule is CNC(=O)c1cc(CC(=O)N2CCN(c3ccc4nncn4n3)CC2)ccc1F. The van der Waals surface area contributed by atoms with Gasteiger partial charge in [-0.05, 0) is 29.8 Å². The highest BCUT2D eigenvalue weighted by atomic mass is 19.1. The van der Waals surface area contributed by atoms with Crippen molar-refractivity contribution >= 4 is 23.3 Å². The minimum Gasteiger partial charge on any atom is -0.355 e. The molecule has 1 N–H and O–H groups in total. The second kappa shape index (κ2) is 7.82. The first-order chi connectivity index (χ1) is 14.0. The quantitative estimate of drug-likeness (QED) is 0.689. The van der Waals surface area contributed by atoms with Crippen molar-refractivity contribution in [2.45, 2.75) is 6.42 Å². The van der Waals surface area contributed by atoms with Crippen LogP contribution in [0.1, 0.15) is 15.9 Å². The van der Waals surface area contributed by atoms with Crippen LogP contribution >= 0.6 is 0 Å². The lowest BCUT2D eigenvalue weighted by atomic mass is 10.1. The van der Waals surface area contributed by atoms with Gasteiger partial charge in [0, 0.05) is 33.2 Å². The summed E-state index contributed by atoms with van der Waals surface area (Å²) < 4.78 is 15.4. The Morgan fingerprint density at radius 3 is 2.69 bits per heavy atom. The lowest BCUT2D eigenvalue weighted by molar-refractivity contribution is -0.130. The highest BCUT2D eigenvalue weighted by Gasteiger charge is 2.23. The molecule has 29 heavy (non-hydrogen) atoms. The summed E-state index contributed by atoms with van der Waals surface area (Å²) in [5.74, 6) is -0.366. The number of nitrogens with one attached hydrogen (secondary N) is 1. The fourth-order valence-electron chi connectivity index (χ4n) is 3.35. The Labute approximate surface area is 166 Å². The number of benzene rings is 1. The number of carbonyl (C=O) groups excluding carboxylic acids is 2. The standard InChI is InChI=1S/C19H20FN7O2/c1-21-19(29)14-10-13(2-3-15(14)20)11-18(28)26-8-6-25(7-9-26)17-5-4-16-23-22-12-27(16)24-17/h2-5,10,12H,6-9,11H2,1H3,(H,21,29). The van der Waals surface area contributed by atoms with E-state index in [1.165, 1.54) is 25.2 Å². The molecule has 150 valence electrons. The lowest BCUT2D eigenvalue weighted by Crippen LogP contribution is -2.49. The van der Waals surface area contributed by atoms with E-state index in [0.29, 0.717) is 37.4 Å². The van der Waals surface area contributed by atoms with Gasteiger partial charge in [0.1, 0.15) is 18.0 Å². The number of halogens is 1. The predicted octanol–water partition coefficient (Wildman–Crippen LogP) is 0.514. The fourth-order valence-corrected chi connectivity index (χ4v) is 3.35. The molecule has 0 unspecified atom stereocenters. The van der Waals surface area contributed by atoms with E-state index in [0.717, 1.165) is 5.82 Å². The van der Waals surface area contributed by atoms with Gasteiger partial charge in [-0.1, -0.05) is 6.07 Å². The predicted molar refractivity (Wildman–Crippen MR) is 103 cm³/mol. The van der Waals surface area contributed by atoms with Crippen molar-refractivity contribution < 1.29 is 14.0 Å². The van der Waals surface area contributed by atoms with Crippen LogP contribution in [0.4, 0.5) is 10.2 Å². The van der Waals surface area contributed by atoms with Gasteiger partial charge in [0.15, 0.2) is 5.65 Å². The van der Waals surface area contributed by atoms with E-state index in [1.807, 2.05) is 12.1 Å². The number of nitrogens with zero attached hydrogens (tertiary/aromatic N) is 6. The Bertz CT molecular complexity index is 1060. The third kappa shape index (κ3) is 3.86. The van der Waals surface area contributed by atoms with Crippen molar-refractivity contribution in [1.29, 1.82) is 0 Å². The van der Waals surface area contributed by atoms with E-state index in [-0.39, 0.29) is 17.9 Å². The van der Waals surface area contributed by atoms with E-state index in [4.69, 9.17) is 0 Å². The molecular weight excluding hydrogens is 377 g/mol. The van der Waals surface area contributed by atoms with Gasteiger partial charge in [-0.25, -0.2) is 4.39 Å². The number of piperazine rings is 1. The summed E-state index contributed by atoms with van der Waals surface area (Å²) in [5, 5.41) is 14.6. The molecule has 9 nitrogen and oxygen atoms in total. The van der Waals surface area contributed by atoms with Crippen molar-refractivity contribution in [3.05, 3.63) is 53.6 Å². The van der Waals surface area contributed by atoms with Gasteiger partial charge in [-0.3, -0.25) is 9.59 Å². The van der Waals surface area contributed by atoms with Gasteiger partial charge in [-0.2, -0.15) is 4.52 Å². The Hall–Kier alpha value is -3.56. The van der Waals surface area contributed by atoms with Crippen LogP contribution in [0, 0.1) is 5.82 Å². The number of amides is 2. The minimum absolute atomic E-state index is 0.0543.